The van der Waals surface area contributed by atoms with Gasteiger partial charge in [-0.05, 0) is 54.7 Å². The third-order valence-corrected chi connectivity index (χ3v) is 5.08. The first-order valence-corrected chi connectivity index (χ1v) is 9.82. The van der Waals surface area contributed by atoms with Crippen LogP contribution in [0.4, 0.5) is 5.69 Å². The normalized spacial score (nSPS) is 16.0. The first-order valence-electron chi connectivity index (χ1n) is 9.82. The van der Waals surface area contributed by atoms with Gasteiger partial charge in [0.1, 0.15) is 5.75 Å². The number of nitrogens with two attached hydrogens (primary N) is 1. The molecule has 4 N–H and O–H groups in total. The van der Waals surface area contributed by atoms with Gasteiger partial charge in [-0.3, -0.25) is 9.59 Å². The minimum absolute atomic E-state index is 0.113. The first kappa shape index (κ1) is 20.6. The van der Waals surface area contributed by atoms with E-state index in [2.05, 4.69) is 28.8 Å². The Labute approximate surface area is 171 Å². The fraction of sp³-hybridized carbons (Fsp3) is 0.304. The molecule has 29 heavy (non-hydrogen) atoms. The average molecular weight is 393 g/mol. The van der Waals surface area contributed by atoms with E-state index in [4.69, 9.17) is 10.5 Å². The summed E-state index contributed by atoms with van der Waals surface area (Å²) in [5.41, 5.74) is 8.62. The van der Waals surface area contributed by atoms with Gasteiger partial charge in [-0.25, -0.2) is 0 Å². The highest BCUT2D eigenvalue weighted by Crippen LogP contribution is 2.27. The predicted molar refractivity (Wildman–Crippen MR) is 115 cm³/mol. The molecule has 3 rings (SSSR count). The Morgan fingerprint density at radius 3 is 2.83 bits per heavy atom. The van der Waals surface area contributed by atoms with Gasteiger partial charge in [0.2, 0.25) is 5.91 Å². The number of primary amides is 1. The van der Waals surface area contributed by atoms with Crippen molar-refractivity contribution in [2.75, 3.05) is 19.0 Å². The molecule has 152 valence electrons. The number of hydrogen-bond donors (Lipinski definition) is 3. The molecule has 0 spiro atoms. The van der Waals surface area contributed by atoms with E-state index in [9.17, 15) is 9.59 Å². The molecule has 0 radical (unpaired) electrons. The Morgan fingerprint density at radius 1 is 1.21 bits per heavy atom. The summed E-state index contributed by atoms with van der Waals surface area (Å²) in [5, 5.41) is 6.29. The van der Waals surface area contributed by atoms with Gasteiger partial charge in [0.25, 0.3) is 5.91 Å². The zero-order valence-electron chi connectivity index (χ0n) is 16.6. The van der Waals surface area contributed by atoms with Crippen LogP contribution < -0.4 is 21.1 Å². The van der Waals surface area contributed by atoms with Crippen molar-refractivity contribution in [2.24, 2.45) is 5.73 Å². The highest BCUT2D eigenvalue weighted by Gasteiger charge is 2.17. The van der Waals surface area contributed by atoms with Gasteiger partial charge in [-0.1, -0.05) is 30.3 Å². The predicted octanol–water partition coefficient (Wildman–Crippen LogP) is 3.35. The standard InChI is InChI=1S/C23H27N3O3/c1-29-19-8-4-6-16(15-19)17-12-13-25-18(14-17)7-5-11-22(27)26-21-10-3-2-9-20(21)23(24)28/h2-4,6,8-10,12,15,18,25H,5,7,11,13-14H2,1H3,(H2,24,28)(H,26,27). The average Bonchev–Trinajstić information content (AvgIpc) is 2.74. The molecule has 1 heterocycles. The summed E-state index contributed by atoms with van der Waals surface area (Å²) in [5.74, 6) is 0.189. The maximum absolute atomic E-state index is 12.3. The number of amides is 2. The highest BCUT2D eigenvalue weighted by atomic mass is 16.5. The van der Waals surface area contributed by atoms with E-state index < -0.39 is 5.91 Å². The number of methoxy groups -OCH3 is 1. The number of anilines is 1. The molecule has 6 heteroatoms. The summed E-state index contributed by atoms with van der Waals surface area (Å²) in [6.07, 6.45) is 5.17. The number of nitrogens with one attached hydrogen (secondary N) is 2. The van der Waals surface area contributed by atoms with E-state index in [0.717, 1.165) is 31.6 Å². The van der Waals surface area contributed by atoms with Crippen molar-refractivity contribution < 1.29 is 14.3 Å². The lowest BCUT2D eigenvalue weighted by Gasteiger charge is -2.24. The molecule has 1 unspecified atom stereocenters. The molecule has 2 amide bonds. The lowest BCUT2D eigenvalue weighted by Crippen LogP contribution is -2.33. The van der Waals surface area contributed by atoms with Gasteiger partial charge in [0, 0.05) is 19.0 Å². The van der Waals surface area contributed by atoms with Crippen molar-refractivity contribution in [3.8, 4) is 5.75 Å². The van der Waals surface area contributed by atoms with Crippen LogP contribution in [0.2, 0.25) is 0 Å². The molecule has 1 aliphatic rings. The highest BCUT2D eigenvalue weighted by molar-refractivity contribution is 6.02. The zero-order valence-corrected chi connectivity index (χ0v) is 16.6. The van der Waals surface area contributed by atoms with Crippen molar-refractivity contribution in [1.29, 1.82) is 0 Å². The van der Waals surface area contributed by atoms with Crippen LogP contribution in [0.1, 0.15) is 41.6 Å². The minimum atomic E-state index is -0.552. The van der Waals surface area contributed by atoms with E-state index >= 15 is 0 Å². The van der Waals surface area contributed by atoms with Crippen molar-refractivity contribution in [2.45, 2.75) is 31.7 Å². The molecule has 1 aliphatic heterocycles. The number of benzene rings is 2. The zero-order chi connectivity index (χ0) is 20.6. The minimum Gasteiger partial charge on any atom is -0.497 e. The van der Waals surface area contributed by atoms with Crippen LogP contribution in [-0.2, 0) is 4.79 Å². The second-order valence-electron chi connectivity index (χ2n) is 7.12. The number of carbonyl (C=O) groups is 2. The first-order chi connectivity index (χ1) is 14.1. The number of para-hydroxylation sites is 1. The molecule has 0 saturated carbocycles. The van der Waals surface area contributed by atoms with Crippen LogP contribution in [-0.4, -0.2) is 31.5 Å². The van der Waals surface area contributed by atoms with Crippen LogP contribution in [0.3, 0.4) is 0 Å². The van der Waals surface area contributed by atoms with Crippen LogP contribution in [0.15, 0.2) is 54.6 Å². The summed E-state index contributed by atoms with van der Waals surface area (Å²) in [4.78, 5) is 23.7. The fourth-order valence-corrected chi connectivity index (χ4v) is 3.56. The van der Waals surface area contributed by atoms with E-state index in [1.165, 1.54) is 11.1 Å². The molecule has 0 fully saturated rings. The topological polar surface area (TPSA) is 93.4 Å². The summed E-state index contributed by atoms with van der Waals surface area (Å²) in [6.45, 7) is 0.815. The molecule has 0 bridgehead atoms. The summed E-state index contributed by atoms with van der Waals surface area (Å²) >= 11 is 0. The number of carbonyl (C=O) groups excluding carboxylic acids is 2. The van der Waals surface area contributed by atoms with E-state index in [1.54, 1.807) is 31.4 Å². The Morgan fingerprint density at radius 2 is 2.03 bits per heavy atom. The Balaban J connectivity index is 1.49. The Hall–Kier alpha value is -3.12. The number of ether oxygens (including phenoxy) is 1. The smallest absolute Gasteiger partial charge is 0.250 e. The maximum Gasteiger partial charge on any atom is 0.250 e. The summed E-state index contributed by atoms with van der Waals surface area (Å²) < 4.78 is 5.32. The summed E-state index contributed by atoms with van der Waals surface area (Å²) in [6, 6.07) is 15.2. The van der Waals surface area contributed by atoms with Gasteiger partial charge >= 0.3 is 0 Å². The molecule has 2 aromatic carbocycles. The maximum atomic E-state index is 12.3. The van der Waals surface area contributed by atoms with Gasteiger partial charge in [0.05, 0.1) is 18.4 Å². The van der Waals surface area contributed by atoms with Crippen molar-refractivity contribution in [1.82, 2.24) is 5.32 Å². The third kappa shape index (κ3) is 5.68. The van der Waals surface area contributed by atoms with Crippen LogP contribution >= 0.6 is 0 Å². The van der Waals surface area contributed by atoms with E-state index in [-0.39, 0.29) is 5.91 Å². The fourth-order valence-electron chi connectivity index (χ4n) is 3.56. The second kappa shape index (κ2) is 9.89. The quantitative estimate of drug-likeness (QED) is 0.641. The largest absolute Gasteiger partial charge is 0.497 e. The van der Waals surface area contributed by atoms with Gasteiger partial charge in [-0.15, -0.1) is 0 Å². The lowest BCUT2D eigenvalue weighted by atomic mass is 9.92. The monoisotopic (exact) mass is 393 g/mol. The lowest BCUT2D eigenvalue weighted by molar-refractivity contribution is -0.116. The van der Waals surface area contributed by atoms with Crippen LogP contribution in [0.5, 0.6) is 5.75 Å². The molecule has 1 atom stereocenters. The number of rotatable bonds is 8. The van der Waals surface area contributed by atoms with Crippen molar-refractivity contribution >= 4 is 23.1 Å². The van der Waals surface area contributed by atoms with Crippen LogP contribution in [0.25, 0.3) is 5.57 Å². The Bertz CT molecular complexity index is 908. The van der Waals surface area contributed by atoms with Crippen molar-refractivity contribution in [3.05, 3.63) is 65.7 Å². The second-order valence-corrected chi connectivity index (χ2v) is 7.12. The van der Waals surface area contributed by atoms with E-state index in [0.29, 0.717) is 23.7 Å². The van der Waals surface area contributed by atoms with Crippen molar-refractivity contribution in [3.63, 3.8) is 0 Å². The van der Waals surface area contributed by atoms with Gasteiger partial charge < -0.3 is 21.1 Å². The van der Waals surface area contributed by atoms with E-state index in [1.807, 2.05) is 12.1 Å². The van der Waals surface area contributed by atoms with Gasteiger partial charge in [0.15, 0.2) is 0 Å². The Kier molecular flexibility index (Phi) is 7.03. The molecule has 6 nitrogen and oxygen atoms in total. The molecule has 0 aliphatic carbocycles. The number of hydrogen-bond acceptors (Lipinski definition) is 4. The SMILES string of the molecule is COc1cccc(C2=CCNC(CCCC(=O)Nc3ccccc3C(N)=O)C2)c1. The molecule has 0 saturated heterocycles. The molecular weight excluding hydrogens is 366 g/mol. The van der Waals surface area contributed by atoms with Gasteiger partial charge in [-0.2, -0.15) is 0 Å². The third-order valence-electron chi connectivity index (χ3n) is 5.08. The molecule has 2 aromatic rings. The van der Waals surface area contributed by atoms with Crippen LogP contribution in [0, 0.1) is 0 Å². The summed E-state index contributed by atoms with van der Waals surface area (Å²) in [7, 11) is 1.67. The molecular formula is C23H27N3O3. The molecule has 0 aromatic heterocycles.